The van der Waals surface area contributed by atoms with Gasteiger partial charge in [-0.1, -0.05) is 60.1 Å². The van der Waals surface area contributed by atoms with Crippen molar-refractivity contribution in [1.29, 1.82) is 0 Å². The van der Waals surface area contributed by atoms with Gasteiger partial charge in [-0.3, -0.25) is 24.1 Å². The van der Waals surface area contributed by atoms with Crippen molar-refractivity contribution in [3.63, 3.8) is 0 Å². The third kappa shape index (κ3) is 8.28. The van der Waals surface area contributed by atoms with Crippen molar-refractivity contribution in [3.8, 4) is 5.75 Å². The van der Waals surface area contributed by atoms with Crippen LogP contribution < -0.4 is 15.4 Å². The van der Waals surface area contributed by atoms with E-state index >= 15 is 0 Å². The topological polar surface area (TPSA) is 111 Å². The van der Waals surface area contributed by atoms with Gasteiger partial charge in [-0.05, 0) is 75.8 Å². The molecule has 4 amide bonds. The van der Waals surface area contributed by atoms with Gasteiger partial charge < -0.3 is 25.2 Å². The summed E-state index contributed by atoms with van der Waals surface area (Å²) in [5, 5.41) is 5.91. The summed E-state index contributed by atoms with van der Waals surface area (Å²) in [7, 11) is 2.08. The fraction of sp³-hybridized carbons (Fsp3) is 0.543. The predicted octanol–water partition coefficient (Wildman–Crippen LogP) is 4.15. The molecule has 1 aliphatic carbocycles. The predicted molar refractivity (Wildman–Crippen MR) is 179 cm³/mol. The summed E-state index contributed by atoms with van der Waals surface area (Å²) in [4.78, 5) is 60.1. The molecule has 248 valence electrons. The van der Waals surface area contributed by atoms with E-state index in [9.17, 15) is 19.2 Å². The summed E-state index contributed by atoms with van der Waals surface area (Å²) in [6.07, 6.45) is 3.61. The van der Waals surface area contributed by atoms with E-state index < -0.39 is 18.0 Å². The lowest BCUT2D eigenvalue weighted by molar-refractivity contribution is -0.146. The fourth-order valence-electron chi connectivity index (χ4n) is 6.37. The van der Waals surface area contributed by atoms with E-state index in [2.05, 4.69) is 50.6 Å². The standard InChI is InChI=1S/C35H46BrN5O5/c1-23(2)19-27(37-32(43)26-20-25(36)12-13-30(26)46-22-31(42)38-35(3)14-15-35)33(44)41-16-8-11-28(41)34(45)40-18-17-39(4)29(21-40)24-9-6-5-7-10-24/h5-7,9-10,12-13,20,23,27-29H,8,11,14-19,21-22H2,1-4H3,(H,37,43)(H,38,42)/t27-,28-,29-/m1/s1. The summed E-state index contributed by atoms with van der Waals surface area (Å²) < 4.78 is 6.46. The number of hydrogen-bond donors (Lipinski definition) is 2. The number of amides is 4. The van der Waals surface area contributed by atoms with Gasteiger partial charge in [0.15, 0.2) is 6.61 Å². The third-order valence-electron chi connectivity index (χ3n) is 9.26. The second-order valence-corrected chi connectivity index (χ2v) is 14.5. The zero-order chi connectivity index (χ0) is 33.0. The highest BCUT2D eigenvalue weighted by Crippen LogP contribution is 2.34. The zero-order valence-corrected chi connectivity index (χ0v) is 28.8. The molecule has 5 rings (SSSR count). The summed E-state index contributed by atoms with van der Waals surface area (Å²) in [6.45, 7) is 8.14. The average molecular weight is 697 g/mol. The average Bonchev–Trinajstić information content (AvgIpc) is 3.54. The molecule has 3 atom stereocenters. The van der Waals surface area contributed by atoms with Crippen LogP contribution in [0.2, 0.25) is 0 Å². The minimum Gasteiger partial charge on any atom is -0.483 e. The summed E-state index contributed by atoms with van der Waals surface area (Å²) in [5.41, 5.74) is 1.21. The van der Waals surface area contributed by atoms with Crippen molar-refractivity contribution < 1.29 is 23.9 Å². The molecule has 46 heavy (non-hydrogen) atoms. The molecular formula is C35H46BrN5O5. The second kappa shape index (κ2) is 14.5. The number of likely N-dealkylation sites (tertiary alicyclic amines) is 1. The van der Waals surface area contributed by atoms with Gasteiger partial charge in [0.05, 0.1) is 11.6 Å². The Morgan fingerprint density at radius 2 is 1.78 bits per heavy atom. The van der Waals surface area contributed by atoms with Gasteiger partial charge in [0.2, 0.25) is 11.8 Å². The molecule has 2 heterocycles. The molecule has 2 aromatic rings. The Hall–Kier alpha value is -3.44. The van der Waals surface area contributed by atoms with Crippen LogP contribution in [-0.4, -0.2) is 95.8 Å². The molecule has 0 radical (unpaired) electrons. The number of benzene rings is 2. The monoisotopic (exact) mass is 695 g/mol. The number of halogens is 1. The van der Waals surface area contributed by atoms with Crippen molar-refractivity contribution in [2.75, 3.05) is 39.8 Å². The van der Waals surface area contributed by atoms with Gasteiger partial charge >= 0.3 is 0 Å². The van der Waals surface area contributed by atoms with E-state index in [1.54, 1.807) is 23.1 Å². The van der Waals surface area contributed by atoms with Crippen LogP contribution in [0.5, 0.6) is 5.75 Å². The molecule has 2 aromatic carbocycles. The molecule has 11 heteroatoms. The van der Waals surface area contributed by atoms with Gasteiger partial charge in [0, 0.05) is 36.2 Å². The van der Waals surface area contributed by atoms with Gasteiger partial charge in [0.1, 0.15) is 17.8 Å². The van der Waals surface area contributed by atoms with Crippen molar-refractivity contribution in [2.24, 2.45) is 5.92 Å². The van der Waals surface area contributed by atoms with Crippen LogP contribution in [0.25, 0.3) is 0 Å². The van der Waals surface area contributed by atoms with Crippen molar-refractivity contribution in [3.05, 3.63) is 64.1 Å². The van der Waals surface area contributed by atoms with Crippen LogP contribution in [0.3, 0.4) is 0 Å². The molecule has 2 saturated heterocycles. The van der Waals surface area contributed by atoms with Crippen LogP contribution >= 0.6 is 15.9 Å². The lowest BCUT2D eigenvalue weighted by Gasteiger charge is -2.41. The molecule has 2 aliphatic heterocycles. The Balaban J connectivity index is 1.28. The fourth-order valence-corrected chi connectivity index (χ4v) is 6.73. The molecule has 3 fully saturated rings. The molecular weight excluding hydrogens is 650 g/mol. The molecule has 0 unspecified atom stereocenters. The summed E-state index contributed by atoms with van der Waals surface area (Å²) in [6, 6.07) is 13.9. The lowest BCUT2D eigenvalue weighted by Crippen LogP contribution is -2.57. The van der Waals surface area contributed by atoms with E-state index in [-0.39, 0.29) is 53.1 Å². The number of carbonyl (C=O) groups excluding carboxylic acids is 4. The Morgan fingerprint density at radius 1 is 1.04 bits per heavy atom. The number of nitrogens with zero attached hydrogens (tertiary/aromatic N) is 3. The Morgan fingerprint density at radius 3 is 2.48 bits per heavy atom. The van der Waals surface area contributed by atoms with Gasteiger partial charge in [0.25, 0.3) is 11.8 Å². The largest absolute Gasteiger partial charge is 0.483 e. The number of likely N-dealkylation sites (N-methyl/N-ethyl adjacent to an activating group) is 1. The maximum atomic E-state index is 14.1. The maximum absolute atomic E-state index is 14.1. The number of ether oxygens (including phenoxy) is 1. The van der Waals surface area contributed by atoms with E-state index in [0.717, 1.165) is 31.4 Å². The molecule has 0 spiro atoms. The molecule has 0 aromatic heterocycles. The number of nitrogens with one attached hydrogen (secondary N) is 2. The molecule has 3 aliphatic rings. The van der Waals surface area contributed by atoms with Crippen LogP contribution in [0.15, 0.2) is 53.0 Å². The molecule has 1 saturated carbocycles. The summed E-state index contributed by atoms with van der Waals surface area (Å²) >= 11 is 3.43. The Labute approximate surface area is 280 Å². The van der Waals surface area contributed by atoms with Gasteiger partial charge in [-0.15, -0.1) is 0 Å². The zero-order valence-electron chi connectivity index (χ0n) is 27.3. The Kier molecular flexibility index (Phi) is 10.7. The molecule has 10 nitrogen and oxygen atoms in total. The first-order valence-corrected chi connectivity index (χ1v) is 17.1. The van der Waals surface area contributed by atoms with Crippen LogP contribution in [0, 0.1) is 5.92 Å². The highest BCUT2D eigenvalue weighted by Gasteiger charge is 2.41. The van der Waals surface area contributed by atoms with Crippen LogP contribution in [-0.2, 0) is 14.4 Å². The minimum absolute atomic E-state index is 0.0319. The third-order valence-corrected chi connectivity index (χ3v) is 9.75. The second-order valence-electron chi connectivity index (χ2n) is 13.6. The first-order valence-electron chi connectivity index (χ1n) is 16.3. The highest BCUT2D eigenvalue weighted by atomic mass is 79.9. The number of piperazine rings is 1. The maximum Gasteiger partial charge on any atom is 0.258 e. The van der Waals surface area contributed by atoms with E-state index in [0.29, 0.717) is 36.9 Å². The van der Waals surface area contributed by atoms with E-state index in [1.807, 2.05) is 43.9 Å². The number of carbonyl (C=O) groups is 4. The van der Waals surface area contributed by atoms with E-state index in [4.69, 9.17) is 4.74 Å². The highest BCUT2D eigenvalue weighted by molar-refractivity contribution is 9.10. The van der Waals surface area contributed by atoms with Crippen LogP contribution in [0.4, 0.5) is 0 Å². The van der Waals surface area contributed by atoms with Crippen LogP contribution in [0.1, 0.15) is 74.8 Å². The van der Waals surface area contributed by atoms with Gasteiger partial charge in [-0.25, -0.2) is 0 Å². The first-order chi connectivity index (χ1) is 21.9. The van der Waals surface area contributed by atoms with Crippen molar-refractivity contribution in [2.45, 2.75) is 76.5 Å². The molecule has 0 bridgehead atoms. The summed E-state index contributed by atoms with van der Waals surface area (Å²) in [5.74, 6) is -0.638. The Bertz CT molecular complexity index is 1430. The number of hydrogen-bond acceptors (Lipinski definition) is 6. The smallest absolute Gasteiger partial charge is 0.258 e. The van der Waals surface area contributed by atoms with E-state index in [1.165, 1.54) is 0 Å². The quantitative estimate of drug-likeness (QED) is 0.366. The first kappa shape index (κ1) is 33.9. The van der Waals surface area contributed by atoms with Gasteiger partial charge in [-0.2, -0.15) is 0 Å². The SMILES string of the molecule is CC(C)C[C@@H](NC(=O)c1cc(Br)ccc1OCC(=O)NC1(C)CC1)C(=O)N1CCC[C@@H]1C(=O)N1CCN(C)[C@@H](c2ccccc2)C1. The number of rotatable bonds is 11. The minimum atomic E-state index is -0.824. The van der Waals surface area contributed by atoms with Crippen molar-refractivity contribution >= 4 is 39.6 Å². The molecule has 2 N–H and O–H groups in total. The lowest BCUT2D eigenvalue weighted by atomic mass is 10.0. The normalized spacial score (nSPS) is 21.5. The van der Waals surface area contributed by atoms with Crippen molar-refractivity contribution in [1.82, 2.24) is 25.3 Å².